The van der Waals surface area contributed by atoms with Crippen molar-refractivity contribution in [3.63, 3.8) is 0 Å². The van der Waals surface area contributed by atoms with E-state index >= 15 is 0 Å². The Labute approximate surface area is 185 Å². The van der Waals surface area contributed by atoms with Crippen molar-refractivity contribution in [3.8, 4) is 0 Å². The maximum Gasteiger partial charge on any atom is 0.276 e. The topological polar surface area (TPSA) is 97.4 Å². The van der Waals surface area contributed by atoms with Crippen LogP contribution in [0.5, 0.6) is 0 Å². The van der Waals surface area contributed by atoms with Crippen molar-refractivity contribution in [2.24, 2.45) is 0 Å². The molecular weight excluding hydrogens is 408 g/mol. The number of rotatable bonds is 6. The van der Waals surface area contributed by atoms with Crippen molar-refractivity contribution >= 4 is 11.8 Å². The summed E-state index contributed by atoms with van der Waals surface area (Å²) >= 11 is 0. The Morgan fingerprint density at radius 1 is 1.22 bits per heavy atom. The Morgan fingerprint density at radius 3 is 2.72 bits per heavy atom. The average Bonchev–Trinajstić information content (AvgIpc) is 3.31. The monoisotopic (exact) mass is 434 g/mol. The molecule has 0 aliphatic carbocycles. The van der Waals surface area contributed by atoms with Gasteiger partial charge in [0.15, 0.2) is 12.1 Å². The highest BCUT2D eigenvalue weighted by atomic mass is 16.3. The van der Waals surface area contributed by atoms with Gasteiger partial charge in [0.2, 0.25) is 0 Å². The Hall–Kier alpha value is -3.68. The van der Waals surface area contributed by atoms with Crippen LogP contribution in [0.15, 0.2) is 52.1 Å². The van der Waals surface area contributed by atoms with Crippen LogP contribution < -0.4 is 10.9 Å². The van der Waals surface area contributed by atoms with Gasteiger partial charge in [0.05, 0.1) is 0 Å². The van der Waals surface area contributed by atoms with E-state index in [1.807, 2.05) is 37.3 Å². The summed E-state index contributed by atoms with van der Waals surface area (Å²) in [5.74, 6) is -0.0469. The molecule has 2 amide bonds. The Morgan fingerprint density at radius 2 is 2.00 bits per heavy atom. The third-order valence-corrected chi connectivity index (χ3v) is 5.86. The number of carbonyl (C=O) groups is 2. The first kappa shape index (κ1) is 21.5. The van der Waals surface area contributed by atoms with Crippen LogP contribution in [0, 0.1) is 0 Å². The van der Waals surface area contributed by atoms with Crippen molar-refractivity contribution in [1.29, 1.82) is 0 Å². The molecule has 0 bridgehead atoms. The van der Waals surface area contributed by atoms with Gasteiger partial charge in [-0.1, -0.05) is 37.3 Å². The predicted octanol–water partition coefficient (Wildman–Crippen LogP) is 2.20. The van der Waals surface area contributed by atoms with Gasteiger partial charge in [-0.15, -0.1) is 0 Å². The number of benzene rings is 1. The molecule has 32 heavy (non-hydrogen) atoms. The minimum atomic E-state index is -0.398. The zero-order valence-corrected chi connectivity index (χ0v) is 18.3. The van der Waals surface area contributed by atoms with Crippen LogP contribution in [0.2, 0.25) is 0 Å². The third kappa shape index (κ3) is 4.08. The Kier molecular flexibility index (Phi) is 6.20. The molecule has 166 valence electrons. The van der Waals surface area contributed by atoms with E-state index in [1.165, 1.54) is 13.4 Å². The molecule has 1 aromatic carbocycles. The maximum absolute atomic E-state index is 13.1. The van der Waals surface area contributed by atoms with E-state index in [1.54, 1.807) is 15.7 Å². The van der Waals surface area contributed by atoms with Crippen molar-refractivity contribution in [2.75, 3.05) is 13.6 Å². The van der Waals surface area contributed by atoms with Gasteiger partial charge in [-0.3, -0.25) is 14.4 Å². The smallest absolute Gasteiger partial charge is 0.276 e. The molecule has 0 saturated heterocycles. The number of nitrogens with one attached hydrogen (secondary N) is 1. The molecule has 0 spiro atoms. The largest absolute Gasteiger partial charge is 0.448 e. The normalized spacial score (nSPS) is 13.0. The molecule has 4 rings (SSSR count). The number of hydrogen-bond acceptors (Lipinski definition) is 5. The summed E-state index contributed by atoms with van der Waals surface area (Å²) in [4.78, 5) is 44.6. The second-order valence-electron chi connectivity index (χ2n) is 7.78. The number of amides is 2. The number of oxazole rings is 1. The van der Waals surface area contributed by atoms with Crippen LogP contribution in [0.3, 0.4) is 0 Å². The molecule has 0 atom stereocenters. The summed E-state index contributed by atoms with van der Waals surface area (Å²) in [6, 6.07) is 9.87. The van der Waals surface area contributed by atoms with Crippen LogP contribution in [-0.2, 0) is 32.4 Å². The number of hydrogen-bond donors (Lipinski definition) is 1. The lowest BCUT2D eigenvalue weighted by atomic mass is 9.95. The molecule has 0 unspecified atom stereocenters. The second kappa shape index (κ2) is 9.21. The van der Waals surface area contributed by atoms with Crippen LogP contribution in [-0.4, -0.2) is 39.9 Å². The zero-order valence-electron chi connectivity index (χ0n) is 18.3. The second-order valence-corrected chi connectivity index (χ2v) is 7.78. The van der Waals surface area contributed by atoms with Crippen LogP contribution in [0.1, 0.15) is 50.2 Å². The molecular formula is C24H26N4O4. The first-order chi connectivity index (χ1) is 15.5. The molecule has 8 heteroatoms. The summed E-state index contributed by atoms with van der Waals surface area (Å²) in [6.45, 7) is 3.06. The number of aryl methyl sites for hydroxylation is 3. The summed E-state index contributed by atoms with van der Waals surface area (Å²) in [5.41, 5.74) is 2.81. The summed E-state index contributed by atoms with van der Waals surface area (Å²) in [7, 11) is 1.52. The fourth-order valence-corrected chi connectivity index (χ4v) is 4.15. The van der Waals surface area contributed by atoms with E-state index in [9.17, 15) is 14.4 Å². The lowest BCUT2D eigenvalue weighted by Gasteiger charge is -2.30. The quantitative estimate of drug-likeness (QED) is 0.642. The molecule has 3 heterocycles. The fourth-order valence-electron chi connectivity index (χ4n) is 4.15. The minimum absolute atomic E-state index is 0.167. The van der Waals surface area contributed by atoms with Gasteiger partial charge in [0.25, 0.3) is 17.4 Å². The lowest BCUT2D eigenvalue weighted by molar-refractivity contribution is 0.0726. The van der Waals surface area contributed by atoms with E-state index < -0.39 is 5.91 Å². The van der Waals surface area contributed by atoms with Crippen molar-refractivity contribution in [1.82, 2.24) is 19.8 Å². The fraction of sp³-hybridized carbons (Fsp3) is 0.333. The van der Waals surface area contributed by atoms with Gasteiger partial charge in [-0.05, 0) is 29.5 Å². The molecule has 3 aromatic rings. The Bertz CT molecular complexity index is 1200. The third-order valence-electron chi connectivity index (χ3n) is 5.86. The van der Waals surface area contributed by atoms with E-state index in [-0.39, 0.29) is 17.0 Å². The van der Waals surface area contributed by atoms with Crippen molar-refractivity contribution in [3.05, 3.63) is 87.0 Å². The molecule has 0 fully saturated rings. The van der Waals surface area contributed by atoms with Gasteiger partial charge in [-0.2, -0.15) is 0 Å². The molecule has 1 aliphatic rings. The summed E-state index contributed by atoms with van der Waals surface area (Å²) < 4.78 is 6.89. The lowest BCUT2D eigenvalue weighted by Crippen LogP contribution is -2.41. The standard InChI is InChI=1S/C24H26N4O4/c1-3-19-21(26-15-32-19)24(31)28-12-10-18-17(14-28)13-27(23(30)20(18)22(29)25-2)11-9-16-7-5-4-6-8-16/h4-8,13,15H,3,9-12,14H2,1-2H3,(H,25,29). The summed E-state index contributed by atoms with van der Waals surface area (Å²) in [5, 5.41) is 2.59. The molecule has 0 radical (unpaired) electrons. The van der Waals surface area contributed by atoms with Gasteiger partial charge >= 0.3 is 0 Å². The van der Waals surface area contributed by atoms with Gasteiger partial charge < -0.3 is 19.2 Å². The molecule has 1 aliphatic heterocycles. The number of fused-ring (bicyclic) bond motifs is 1. The van der Waals surface area contributed by atoms with Gasteiger partial charge in [0.1, 0.15) is 11.3 Å². The minimum Gasteiger partial charge on any atom is -0.448 e. The van der Waals surface area contributed by atoms with Crippen LogP contribution in [0.4, 0.5) is 0 Å². The van der Waals surface area contributed by atoms with Crippen molar-refractivity contribution < 1.29 is 14.0 Å². The molecule has 1 N–H and O–H groups in total. The highest BCUT2D eigenvalue weighted by Crippen LogP contribution is 2.23. The van der Waals surface area contributed by atoms with Gasteiger partial charge in [0, 0.05) is 39.3 Å². The molecule has 2 aromatic heterocycles. The van der Waals surface area contributed by atoms with E-state index in [2.05, 4.69) is 10.3 Å². The number of carbonyl (C=O) groups excluding carboxylic acids is 2. The number of aromatic nitrogens is 2. The predicted molar refractivity (Wildman–Crippen MR) is 119 cm³/mol. The van der Waals surface area contributed by atoms with E-state index in [0.29, 0.717) is 55.9 Å². The highest BCUT2D eigenvalue weighted by Gasteiger charge is 2.30. The highest BCUT2D eigenvalue weighted by molar-refractivity contribution is 5.96. The van der Waals surface area contributed by atoms with Gasteiger partial charge in [-0.25, -0.2) is 4.98 Å². The number of pyridine rings is 1. The summed E-state index contributed by atoms with van der Waals surface area (Å²) in [6.07, 6.45) is 4.74. The first-order valence-corrected chi connectivity index (χ1v) is 10.8. The van der Waals surface area contributed by atoms with Crippen molar-refractivity contribution in [2.45, 2.75) is 39.3 Å². The average molecular weight is 434 g/mol. The first-order valence-electron chi connectivity index (χ1n) is 10.8. The van der Waals surface area contributed by atoms with E-state index in [4.69, 9.17) is 4.42 Å². The molecule has 8 nitrogen and oxygen atoms in total. The SMILES string of the molecule is CCc1ocnc1C(=O)N1CCc2c(cn(CCc3ccccc3)c(=O)c2C(=O)NC)C1. The molecule has 0 saturated carbocycles. The Balaban J connectivity index is 1.67. The maximum atomic E-state index is 13.1. The van der Waals surface area contributed by atoms with Crippen LogP contribution >= 0.6 is 0 Å². The van der Waals surface area contributed by atoms with E-state index in [0.717, 1.165) is 11.1 Å². The zero-order chi connectivity index (χ0) is 22.7. The number of nitrogens with zero attached hydrogens (tertiary/aromatic N) is 3. The van der Waals surface area contributed by atoms with Crippen LogP contribution in [0.25, 0.3) is 0 Å².